The van der Waals surface area contributed by atoms with Gasteiger partial charge < -0.3 is 24.8 Å². The molecule has 3 rings (SSSR count). The molecule has 0 saturated heterocycles. The number of nitrogens with one attached hydrogen (secondary N) is 2. The van der Waals surface area contributed by atoms with Crippen molar-refractivity contribution >= 4 is 29.0 Å². The Labute approximate surface area is 163 Å². The molecule has 27 heavy (non-hydrogen) atoms. The molecule has 0 spiro atoms. The average molecular weight is 386 g/mol. The predicted octanol–water partition coefficient (Wildman–Crippen LogP) is 3.68. The fraction of sp³-hybridized carbons (Fsp3) is 0.300. The Bertz CT molecular complexity index is 823. The molecule has 2 N–H and O–H groups in total. The van der Waals surface area contributed by atoms with Crippen molar-refractivity contribution in [1.82, 2.24) is 5.32 Å². The summed E-state index contributed by atoms with van der Waals surface area (Å²) in [4.78, 5) is 11.7. The van der Waals surface area contributed by atoms with Gasteiger partial charge in [-0.2, -0.15) is 0 Å². The lowest BCUT2D eigenvalue weighted by molar-refractivity contribution is 0.0526. The van der Waals surface area contributed by atoms with Crippen LogP contribution in [0.15, 0.2) is 42.5 Å². The van der Waals surface area contributed by atoms with E-state index in [1.807, 2.05) is 25.1 Å². The minimum atomic E-state index is -0.336. The predicted molar refractivity (Wildman–Crippen MR) is 108 cm³/mol. The van der Waals surface area contributed by atoms with E-state index >= 15 is 0 Å². The lowest BCUT2D eigenvalue weighted by Gasteiger charge is -2.22. The van der Waals surface area contributed by atoms with Crippen molar-refractivity contribution in [3.8, 4) is 11.5 Å². The summed E-state index contributed by atoms with van der Waals surface area (Å²) in [6.07, 6.45) is 0. The number of fused-ring (bicyclic) bond motifs is 1. The number of carbonyl (C=O) groups excluding carboxylic acids is 1. The molecule has 1 aliphatic rings. The number of thiocarbonyl (C=S) groups is 1. The highest BCUT2D eigenvalue weighted by atomic mass is 32.1. The largest absolute Gasteiger partial charge is 0.486 e. The summed E-state index contributed by atoms with van der Waals surface area (Å²) in [5.41, 5.74) is 2.34. The van der Waals surface area contributed by atoms with Crippen LogP contribution < -0.4 is 20.1 Å². The average Bonchev–Trinajstić information content (AvgIpc) is 2.68. The molecule has 1 aliphatic heterocycles. The minimum Gasteiger partial charge on any atom is -0.486 e. The molecule has 0 unspecified atom stereocenters. The molecule has 0 bridgehead atoms. The third-order valence-electron chi connectivity index (χ3n) is 4.07. The van der Waals surface area contributed by atoms with Crippen LogP contribution in [0.1, 0.15) is 35.8 Å². The molecule has 1 heterocycles. The number of anilines is 1. The summed E-state index contributed by atoms with van der Waals surface area (Å²) in [5, 5.41) is 6.84. The first-order chi connectivity index (χ1) is 13.1. The molecule has 0 fully saturated rings. The minimum absolute atomic E-state index is 0.0142. The van der Waals surface area contributed by atoms with Crippen LogP contribution in [0.2, 0.25) is 0 Å². The number of rotatable bonds is 5. The smallest absolute Gasteiger partial charge is 0.338 e. The molecule has 7 heteroatoms. The van der Waals surface area contributed by atoms with Crippen LogP contribution in [-0.2, 0) is 4.74 Å². The number of esters is 1. The van der Waals surface area contributed by atoms with Crippen LogP contribution in [-0.4, -0.2) is 30.9 Å². The third kappa shape index (κ3) is 4.89. The molecule has 1 atom stereocenters. The number of ether oxygens (including phenoxy) is 3. The molecule has 0 saturated carbocycles. The van der Waals surface area contributed by atoms with Gasteiger partial charge in [0.2, 0.25) is 0 Å². The van der Waals surface area contributed by atoms with Crippen LogP contribution in [0.4, 0.5) is 5.69 Å². The fourth-order valence-electron chi connectivity index (χ4n) is 2.68. The molecule has 6 nitrogen and oxygen atoms in total. The second-order valence-electron chi connectivity index (χ2n) is 6.02. The van der Waals surface area contributed by atoms with Gasteiger partial charge in [0.05, 0.1) is 18.2 Å². The van der Waals surface area contributed by atoms with E-state index in [2.05, 4.69) is 10.6 Å². The van der Waals surface area contributed by atoms with Gasteiger partial charge >= 0.3 is 5.97 Å². The van der Waals surface area contributed by atoms with Crippen LogP contribution in [0.25, 0.3) is 0 Å². The highest BCUT2D eigenvalue weighted by Gasteiger charge is 2.15. The molecule has 0 aromatic heterocycles. The van der Waals surface area contributed by atoms with Gasteiger partial charge in [-0.3, -0.25) is 0 Å². The maximum absolute atomic E-state index is 11.7. The van der Waals surface area contributed by atoms with Crippen molar-refractivity contribution in [1.29, 1.82) is 0 Å². The monoisotopic (exact) mass is 386 g/mol. The standard InChI is InChI=1S/C20H22N2O4S/c1-3-24-19(23)14-4-7-16(8-5-14)22-20(27)21-13(2)15-6-9-17-18(12-15)26-11-10-25-17/h4-9,12-13H,3,10-11H2,1-2H3,(H2,21,22,27)/t13-/m0/s1. The van der Waals surface area contributed by atoms with Crippen LogP contribution in [0, 0.1) is 0 Å². The van der Waals surface area contributed by atoms with Crippen molar-refractivity contribution in [2.45, 2.75) is 19.9 Å². The fourth-order valence-corrected chi connectivity index (χ4v) is 2.98. The van der Waals surface area contributed by atoms with E-state index in [-0.39, 0.29) is 12.0 Å². The van der Waals surface area contributed by atoms with Gasteiger partial charge in [0, 0.05) is 5.69 Å². The topological polar surface area (TPSA) is 68.8 Å². The molecule has 0 radical (unpaired) electrons. The lowest BCUT2D eigenvalue weighted by atomic mass is 10.1. The van der Waals surface area contributed by atoms with Gasteiger partial charge in [0.25, 0.3) is 0 Å². The van der Waals surface area contributed by atoms with Gasteiger partial charge in [-0.1, -0.05) is 6.07 Å². The SMILES string of the molecule is CCOC(=O)c1ccc(NC(=S)N[C@@H](C)c2ccc3c(c2)OCCO3)cc1. The summed E-state index contributed by atoms with van der Waals surface area (Å²) in [7, 11) is 0. The van der Waals surface area contributed by atoms with Gasteiger partial charge in [0.1, 0.15) is 13.2 Å². The van der Waals surface area contributed by atoms with Crippen molar-refractivity contribution in [3.05, 3.63) is 53.6 Å². The van der Waals surface area contributed by atoms with E-state index < -0.39 is 0 Å². The van der Waals surface area contributed by atoms with Crippen LogP contribution in [0.3, 0.4) is 0 Å². The van der Waals surface area contributed by atoms with Crippen LogP contribution in [0.5, 0.6) is 11.5 Å². The first-order valence-corrected chi connectivity index (χ1v) is 9.22. The molecule has 142 valence electrons. The van der Waals surface area contributed by atoms with Crippen LogP contribution >= 0.6 is 12.2 Å². The molecule has 0 amide bonds. The summed E-state index contributed by atoms with van der Waals surface area (Å²) < 4.78 is 16.1. The van der Waals surface area contributed by atoms with Gasteiger partial charge in [-0.15, -0.1) is 0 Å². The summed E-state index contributed by atoms with van der Waals surface area (Å²) in [6.45, 7) is 5.28. The lowest BCUT2D eigenvalue weighted by Crippen LogP contribution is -2.31. The Kier molecular flexibility index (Phi) is 6.13. The Hall–Kier alpha value is -2.80. The zero-order chi connectivity index (χ0) is 19.2. The van der Waals surface area contributed by atoms with E-state index in [1.54, 1.807) is 31.2 Å². The molecule has 0 aliphatic carbocycles. The second kappa shape index (κ2) is 8.73. The van der Waals surface area contributed by atoms with E-state index in [0.717, 1.165) is 22.7 Å². The molecular formula is C20H22N2O4S. The Morgan fingerprint density at radius 2 is 1.85 bits per heavy atom. The number of benzene rings is 2. The summed E-state index contributed by atoms with van der Waals surface area (Å²) in [5.74, 6) is 1.18. The molecule has 2 aromatic rings. The van der Waals surface area contributed by atoms with E-state index in [4.69, 9.17) is 26.4 Å². The zero-order valence-electron chi connectivity index (χ0n) is 15.3. The Morgan fingerprint density at radius 1 is 1.15 bits per heavy atom. The second-order valence-corrected chi connectivity index (χ2v) is 6.43. The molecular weight excluding hydrogens is 364 g/mol. The van der Waals surface area contributed by atoms with E-state index in [0.29, 0.717) is 30.5 Å². The summed E-state index contributed by atoms with van der Waals surface area (Å²) in [6, 6.07) is 12.8. The highest BCUT2D eigenvalue weighted by Crippen LogP contribution is 2.32. The zero-order valence-corrected chi connectivity index (χ0v) is 16.1. The van der Waals surface area contributed by atoms with Gasteiger partial charge in [-0.25, -0.2) is 4.79 Å². The number of hydrogen-bond acceptors (Lipinski definition) is 5. The van der Waals surface area contributed by atoms with Crippen molar-refractivity contribution < 1.29 is 19.0 Å². The van der Waals surface area contributed by atoms with Gasteiger partial charge in [-0.05, 0) is 68.0 Å². The number of hydrogen-bond donors (Lipinski definition) is 2. The Morgan fingerprint density at radius 3 is 2.56 bits per heavy atom. The normalized spacial score (nSPS) is 13.4. The highest BCUT2D eigenvalue weighted by molar-refractivity contribution is 7.80. The first-order valence-electron chi connectivity index (χ1n) is 8.81. The van der Waals surface area contributed by atoms with E-state index in [9.17, 15) is 4.79 Å². The van der Waals surface area contributed by atoms with Crippen molar-refractivity contribution in [2.24, 2.45) is 0 Å². The van der Waals surface area contributed by atoms with Crippen molar-refractivity contribution in [2.75, 3.05) is 25.1 Å². The number of carbonyl (C=O) groups is 1. The molecule has 2 aromatic carbocycles. The summed E-state index contributed by atoms with van der Waals surface area (Å²) >= 11 is 5.39. The Balaban J connectivity index is 1.58. The first kappa shape index (κ1) is 19.0. The van der Waals surface area contributed by atoms with Gasteiger partial charge in [0.15, 0.2) is 16.6 Å². The third-order valence-corrected chi connectivity index (χ3v) is 4.29. The van der Waals surface area contributed by atoms with E-state index in [1.165, 1.54) is 0 Å². The maximum atomic E-state index is 11.7. The van der Waals surface area contributed by atoms with Crippen molar-refractivity contribution in [3.63, 3.8) is 0 Å². The maximum Gasteiger partial charge on any atom is 0.338 e. The quantitative estimate of drug-likeness (QED) is 0.600.